The number of carboxylic acid groups (broad SMARTS) is 1. The number of nitrogens with one attached hydrogen (secondary N) is 3. The highest BCUT2D eigenvalue weighted by atomic mass is 16.5. The van der Waals surface area contributed by atoms with E-state index in [1.54, 1.807) is 74.5 Å². The smallest absolute Gasteiger partial charge is 0.339 e. The van der Waals surface area contributed by atoms with Gasteiger partial charge in [0.15, 0.2) is 0 Å². The molecule has 11 nitrogen and oxygen atoms in total. The highest BCUT2D eigenvalue weighted by Gasteiger charge is 2.26. The molecule has 0 fully saturated rings. The molecule has 0 radical (unpaired) electrons. The second kappa shape index (κ2) is 13.9. The lowest BCUT2D eigenvalue weighted by Crippen LogP contribution is -2.44. The first-order chi connectivity index (χ1) is 21.0. The Balaban J connectivity index is 1.71. The van der Waals surface area contributed by atoms with Gasteiger partial charge >= 0.3 is 11.9 Å². The monoisotopic (exact) mass is 593 g/mol. The topological polar surface area (TPSA) is 185 Å². The van der Waals surface area contributed by atoms with E-state index in [1.807, 2.05) is 6.07 Å². The van der Waals surface area contributed by atoms with E-state index in [0.717, 1.165) is 5.56 Å². The molecule has 1 unspecified atom stereocenters. The molecule has 1 heterocycles. The third kappa shape index (κ3) is 7.51. The number of carbonyl (C=O) groups excluding carboxylic acids is 3. The molecular weight excluding hydrogens is 562 g/mol. The van der Waals surface area contributed by atoms with Crippen molar-refractivity contribution in [3.8, 4) is 11.1 Å². The van der Waals surface area contributed by atoms with Crippen molar-refractivity contribution in [2.24, 2.45) is 11.7 Å². The number of amidine groups is 1. The summed E-state index contributed by atoms with van der Waals surface area (Å²) in [5.74, 6) is -3.69. The van der Waals surface area contributed by atoms with E-state index in [2.05, 4.69) is 15.6 Å². The molecule has 3 aromatic carbocycles. The Morgan fingerprint density at radius 1 is 0.886 bits per heavy atom. The summed E-state index contributed by atoms with van der Waals surface area (Å²) in [6, 6.07) is 21.7. The fraction of sp³-hybridized carbons (Fsp3) is 0.152. The minimum atomic E-state index is -1.19. The number of hydrogen-bond donors (Lipinski definition) is 5. The summed E-state index contributed by atoms with van der Waals surface area (Å²) in [5, 5.41) is 22.3. The maximum Gasteiger partial charge on any atom is 0.339 e. The third-order valence-corrected chi connectivity index (χ3v) is 6.70. The van der Waals surface area contributed by atoms with Gasteiger partial charge in [0, 0.05) is 28.6 Å². The minimum Gasteiger partial charge on any atom is -0.480 e. The molecule has 4 rings (SSSR count). The average molecular weight is 594 g/mol. The molecule has 44 heavy (non-hydrogen) atoms. The number of anilines is 1. The van der Waals surface area contributed by atoms with E-state index in [4.69, 9.17) is 15.9 Å². The van der Waals surface area contributed by atoms with Crippen molar-refractivity contribution in [1.29, 1.82) is 5.41 Å². The molecule has 4 aromatic rings. The molecule has 0 saturated heterocycles. The summed E-state index contributed by atoms with van der Waals surface area (Å²) in [4.78, 5) is 55.9. The van der Waals surface area contributed by atoms with Crippen molar-refractivity contribution in [1.82, 2.24) is 10.3 Å². The number of amides is 2. The van der Waals surface area contributed by atoms with Crippen molar-refractivity contribution in [2.75, 3.05) is 5.32 Å². The van der Waals surface area contributed by atoms with Crippen LogP contribution in [0.5, 0.6) is 0 Å². The van der Waals surface area contributed by atoms with Crippen molar-refractivity contribution >= 4 is 35.3 Å². The van der Waals surface area contributed by atoms with Gasteiger partial charge in [-0.2, -0.15) is 0 Å². The Morgan fingerprint density at radius 2 is 1.57 bits per heavy atom. The zero-order chi connectivity index (χ0) is 31.8. The van der Waals surface area contributed by atoms with Crippen LogP contribution in [0.3, 0.4) is 0 Å². The van der Waals surface area contributed by atoms with Gasteiger partial charge < -0.3 is 26.2 Å². The number of aliphatic carboxylic acids is 1. The number of pyridine rings is 1. The van der Waals surface area contributed by atoms with E-state index in [-0.39, 0.29) is 40.7 Å². The zero-order valence-corrected chi connectivity index (χ0v) is 24.0. The Kier molecular flexibility index (Phi) is 9.81. The van der Waals surface area contributed by atoms with Crippen LogP contribution >= 0.6 is 0 Å². The van der Waals surface area contributed by atoms with Crippen LogP contribution in [0.15, 0.2) is 91.1 Å². The van der Waals surface area contributed by atoms with E-state index >= 15 is 0 Å². The summed E-state index contributed by atoms with van der Waals surface area (Å²) in [6.45, 7) is 3.29. The lowest BCUT2D eigenvalue weighted by atomic mass is 9.95. The summed E-state index contributed by atoms with van der Waals surface area (Å²) < 4.78 is 5.58. The number of ether oxygens (including phenoxy) is 1. The highest BCUT2D eigenvalue weighted by Crippen LogP contribution is 2.29. The van der Waals surface area contributed by atoms with Crippen molar-refractivity contribution in [3.63, 3.8) is 0 Å². The molecule has 0 saturated carbocycles. The van der Waals surface area contributed by atoms with E-state index < -0.39 is 29.8 Å². The van der Waals surface area contributed by atoms with Crippen molar-refractivity contribution < 1.29 is 29.0 Å². The van der Waals surface area contributed by atoms with Gasteiger partial charge in [0.05, 0.1) is 5.56 Å². The summed E-state index contributed by atoms with van der Waals surface area (Å²) >= 11 is 0. The maximum absolute atomic E-state index is 13.5. The van der Waals surface area contributed by atoms with Gasteiger partial charge in [0.1, 0.15) is 24.2 Å². The SMILES string of the molecule is CC(C)C(NC(=O)c1ccc(-c2cccnc2C(=O)Nc2ccc(C(=N)N)cc2)c(C(=O)OCc2ccccc2)c1)C(=O)O. The second-order valence-corrected chi connectivity index (χ2v) is 10.2. The van der Waals surface area contributed by atoms with Gasteiger partial charge in [-0.25, -0.2) is 9.59 Å². The highest BCUT2D eigenvalue weighted by molar-refractivity contribution is 6.10. The second-order valence-electron chi connectivity index (χ2n) is 10.2. The Bertz CT molecular complexity index is 1700. The Morgan fingerprint density at radius 3 is 2.20 bits per heavy atom. The summed E-state index contributed by atoms with van der Waals surface area (Å²) in [7, 11) is 0. The van der Waals surface area contributed by atoms with Crippen LogP contribution in [0.4, 0.5) is 5.69 Å². The van der Waals surface area contributed by atoms with Crippen LogP contribution in [-0.4, -0.2) is 45.7 Å². The number of nitrogens with two attached hydrogens (primary N) is 1. The number of rotatable bonds is 11. The molecule has 11 heteroatoms. The molecule has 0 spiro atoms. The first kappa shape index (κ1) is 31.1. The van der Waals surface area contributed by atoms with Crippen LogP contribution in [-0.2, 0) is 16.1 Å². The Labute approximate surface area is 253 Å². The van der Waals surface area contributed by atoms with Crippen LogP contribution in [0.1, 0.15) is 56.2 Å². The van der Waals surface area contributed by atoms with Crippen LogP contribution in [0.25, 0.3) is 11.1 Å². The lowest BCUT2D eigenvalue weighted by Gasteiger charge is -2.19. The molecule has 0 aliphatic rings. The largest absolute Gasteiger partial charge is 0.480 e. The zero-order valence-electron chi connectivity index (χ0n) is 24.0. The predicted molar refractivity (Wildman–Crippen MR) is 164 cm³/mol. The maximum atomic E-state index is 13.5. The summed E-state index contributed by atoms with van der Waals surface area (Å²) in [6.07, 6.45) is 1.43. The van der Waals surface area contributed by atoms with E-state index in [0.29, 0.717) is 16.8 Å². The van der Waals surface area contributed by atoms with Crippen LogP contribution in [0.2, 0.25) is 0 Å². The molecule has 1 aromatic heterocycles. The fourth-order valence-electron chi connectivity index (χ4n) is 4.36. The van der Waals surface area contributed by atoms with Gasteiger partial charge in [0.2, 0.25) is 0 Å². The minimum absolute atomic E-state index is 0.00297. The molecule has 224 valence electrons. The van der Waals surface area contributed by atoms with E-state index in [9.17, 15) is 24.3 Å². The average Bonchev–Trinajstić information content (AvgIpc) is 3.02. The van der Waals surface area contributed by atoms with Gasteiger partial charge in [-0.3, -0.25) is 20.0 Å². The number of nitrogen functional groups attached to an aromatic ring is 1. The quantitative estimate of drug-likeness (QED) is 0.0957. The number of nitrogens with zero attached hydrogens (tertiary/aromatic N) is 1. The van der Waals surface area contributed by atoms with Gasteiger partial charge in [-0.15, -0.1) is 0 Å². The fourth-order valence-corrected chi connectivity index (χ4v) is 4.36. The van der Waals surface area contributed by atoms with Crippen LogP contribution in [0, 0.1) is 11.3 Å². The van der Waals surface area contributed by atoms with E-state index in [1.165, 1.54) is 24.4 Å². The molecule has 0 aliphatic carbocycles. The molecule has 0 bridgehead atoms. The van der Waals surface area contributed by atoms with Gasteiger partial charge in [-0.05, 0) is 59.5 Å². The number of carbonyl (C=O) groups is 4. The molecule has 6 N–H and O–H groups in total. The first-order valence-electron chi connectivity index (χ1n) is 13.6. The molecular formula is C33H31N5O6. The third-order valence-electron chi connectivity index (χ3n) is 6.70. The molecule has 1 atom stereocenters. The number of aromatic nitrogens is 1. The number of carboxylic acids is 1. The summed E-state index contributed by atoms with van der Waals surface area (Å²) in [5.41, 5.74) is 7.79. The number of benzene rings is 3. The number of esters is 1. The van der Waals surface area contributed by atoms with Crippen molar-refractivity contribution in [2.45, 2.75) is 26.5 Å². The van der Waals surface area contributed by atoms with Crippen LogP contribution < -0.4 is 16.4 Å². The van der Waals surface area contributed by atoms with Crippen molar-refractivity contribution in [3.05, 3.63) is 119 Å². The van der Waals surface area contributed by atoms with Gasteiger partial charge in [-0.1, -0.05) is 56.3 Å². The first-order valence-corrected chi connectivity index (χ1v) is 13.6. The van der Waals surface area contributed by atoms with Gasteiger partial charge in [0.25, 0.3) is 11.8 Å². The Hall–Kier alpha value is -5.84. The lowest BCUT2D eigenvalue weighted by molar-refractivity contribution is -0.140. The molecule has 2 amide bonds. The normalized spacial score (nSPS) is 11.3. The predicted octanol–water partition coefficient (Wildman–Crippen LogP) is 4.48. The standard InChI is InChI=1S/C33H31N5O6/c1-19(2)27(32(41)42)38-30(39)22-12-15-24(26(17-22)33(43)44-18-20-7-4-3-5-8-20)25-9-6-16-36-28(25)31(40)37-23-13-10-21(11-14-23)29(34)35/h3-17,19,27H,18H2,1-2H3,(H3,34,35)(H,37,40)(H,38,39)(H,41,42). The number of hydrogen-bond acceptors (Lipinski definition) is 7. The molecule has 0 aliphatic heterocycles.